The lowest BCUT2D eigenvalue weighted by molar-refractivity contribution is -0.143. The van der Waals surface area contributed by atoms with Crippen LogP contribution in [-0.4, -0.2) is 47.4 Å². The van der Waals surface area contributed by atoms with Crippen LogP contribution in [0.4, 0.5) is 0 Å². The molecule has 0 aromatic heterocycles. The summed E-state index contributed by atoms with van der Waals surface area (Å²) in [5.41, 5.74) is 0.419. The number of carboxylic acids is 1. The van der Waals surface area contributed by atoms with Crippen LogP contribution in [0.3, 0.4) is 0 Å². The Morgan fingerprint density at radius 3 is 2.45 bits per heavy atom. The average Bonchev–Trinajstić information content (AvgIpc) is 2.44. The molecule has 6 heteroatoms. The van der Waals surface area contributed by atoms with Crippen LogP contribution in [0.25, 0.3) is 0 Å². The van der Waals surface area contributed by atoms with Crippen LogP contribution in [0, 0.1) is 12.3 Å². The van der Waals surface area contributed by atoms with Gasteiger partial charge in [-0.15, -0.1) is 6.42 Å². The second-order valence-corrected chi connectivity index (χ2v) is 3.90. The Bertz CT molecular complexity index is 534. The summed E-state index contributed by atoms with van der Waals surface area (Å²) in [5, 5.41) is 11.1. The van der Waals surface area contributed by atoms with Crippen LogP contribution in [0.5, 0.6) is 0 Å². The number of nitrogens with zero attached hydrogens (tertiary/aromatic N) is 1. The summed E-state index contributed by atoms with van der Waals surface area (Å²) in [4.78, 5) is 35.0. The molecule has 0 unspecified atom stereocenters. The monoisotopic (exact) mass is 274 g/mol. The Morgan fingerprint density at radius 1 is 1.25 bits per heavy atom. The maximum Gasteiger partial charge on any atom is 0.323 e. The summed E-state index contributed by atoms with van der Waals surface area (Å²) < 4.78 is 0. The summed E-state index contributed by atoms with van der Waals surface area (Å²) in [6, 6.07) is 8.38. The van der Waals surface area contributed by atoms with Gasteiger partial charge in [0.15, 0.2) is 0 Å². The first kappa shape index (κ1) is 15.2. The minimum absolute atomic E-state index is 0.119. The summed E-state index contributed by atoms with van der Waals surface area (Å²) in [7, 11) is 0. The first-order chi connectivity index (χ1) is 9.54. The maximum absolute atomic E-state index is 11.8. The van der Waals surface area contributed by atoms with Gasteiger partial charge in [-0.1, -0.05) is 24.1 Å². The van der Waals surface area contributed by atoms with Crippen LogP contribution in [0.15, 0.2) is 30.3 Å². The Morgan fingerprint density at radius 2 is 1.90 bits per heavy atom. The quantitative estimate of drug-likeness (QED) is 0.713. The largest absolute Gasteiger partial charge is 0.480 e. The summed E-state index contributed by atoms with van der Waals surface area (Å²) in [6.07, 6.45) is 5.07. The smallest absolute Gasteiger partial charge is 0.323 e. The van der Waals surface area contributed by atoms with E-state index in [0.717, 1.165) is 4.90 Å². The SMILES string of the molecule is C#CCN(CC(=O)O)C(=O)CNC(=O)c1ccccc1. The standard InChI is InChI=1S/C14H14N2O4/c1-2-8-16(10-13(18)19)12(17)9-15-14(20)11-6-4-3-5-7-11/h1,3-7H,8-10H2,(H,15,20)(H,18,19). The normalized spacial score (nSPS) is 9.35. The first-order valence-electron chi connectivity index (χ1n) is 5.81. The highest BCUT2D eigenvalue weighted by Gasteiger charge is 2.16. The molecule has 0 bridgehead atoms. The van der Waals surface area contributed by atoms with E-state index >= 15 is 0 Å². The van der Waals surface area contributed by atoms with E-state index in [1.54, 1.807) is 30.3 Å². The van der Waals surface area contributed by atoms with Gasteiger partial charge in [-0.3, -0.25) is 14.4 Å². The van der Waals surface area contributed by atoms with E-state index in [9.17, 15) is 14.4 Å². The molecule has 1 rings (SSSR count). The second-order valence-electron chi connectivity index (χ2n) is 3.90. The number of amides is 2. The average molecular weight is 274 g/mol. The second kappa shape index (κ2) is 7.59. The molecule has 0 heterocycles. The van der Waals surface area contributed by atoms with E-state index in [2.05, 4.69) is 11.2 Å². The molecule has 0 aliphatic heterocycles. The van der Waals surface area contributed by atoms with Crippen LogP contribution in [-0.2, 0) is 9.59 Å². The highest BCUT2D eigenvalue weighted by molar-refractivity contribution is 5.96. The van der Waals surface area contributed by atoms with Crippen molar-refractivity contribution in [2.45, 2.75) is 0 Å². The molecule has 0 aliphatic carbocycles. The molecular weight excluding hydrogens is 260 g/mol. The van der Waals surface area contributed by atoms with Crippen molar-refractivity contribution in [3.63, 3.8) is 0 Å². The lowest BCUT2D eigenvalue weighted by Crippen LogP contribution is -2.42. The van der Waals surface area contributed by atoms with E-state index in [1.807, 2.05) is 0 Å². The molecule has 2 amide bonds. The Hall–Kier alpha value is -2.81. The van der Waals surface area contributed by atoms with Crippen molar-refractivity contribution in [2.75, 3.05) is 19.6 Å². The first-order valence-corrected chi connectivity index (χ1v) is 5.81. The van der Waals surface area contributed by atoms with Gasteiger partial charge in [0.25, 0.3) is 5.91 Å². The van der Waals surface area contributed by atoms with Gasteiger partial charge < -0.3 is 15.3 Å². The highest BCUT2D eigenvalue weighted by atomic mass is 16.4. The number of hydrogen-bond acceptors (Lipinski definition) is 3. The minimum Gasteiger partial charge on any atom is -0.480 e. The lowest BCUT2D eigenvalue weighted by atomic mass is 10.2. The molecule has 6 nitrogen and oxygen atoms in total. The predicted molar refractivity (Wildman–Crippen MR) is 71.8 cm³/mol. The summed E-state index contributed by atoms with van der Waals surface area (Å²) in [6.45, 7) is -0.917. The number of aliphatic carboxylic acids is 1. The maximum atomic E-state index is 11.8. The number of nitrogens with one attached hydrogen (secondary N) is 1. The summed E-state index contributed by atoms with van der Waals surface area (Å²) in [5.74, 6) is 0.0844. The third kappa shape index (κ3) is 4.82. The van der Waals surface area contributed by atoms with Crippen molar-refractivity contribution in [3.8, 4) is 12.3 Å². The van der Waals surface area contributed by atoms with Crippen molar-refractivity contribution in [2.24, 2.45) is 0 Å². The van der Waals surface area contributed by atoms with Crippen molar-refractivity contribution < 1.29 is 19.5 Å². The predicted octanol–water partition coefficient (Wildman–Crippen LogP) is -0.0372. The van der Waals surface area contributed by atoms with Gasteiger partial charge in [-0.2, -0.15) is 0 Å². The van der Waals surface area contributed by atoms with Gasteiger partial charge in [0, 0.05) is 5.56 Å². The number of rotatable bonds is 6. The van der Waals surface area contributed by atoms with Crippen molar-refractivity contribution in [1.82, 2.24) is 10.2 Å². The van der Waals surface area contributed by atoms with Gasteiger partial charge in [-0.05, 0) is 12.1 Å². The van der Waals surface area contributed by atoms with E-state index in [4.69, 9.17) is 11.5 Å². The Kier molecular flexibility index (Phi) is 5.78. The van der Waals surface area contributed by atoms with E-state index in [1.165, 1.54) is 0 Å². The van der Waals surface area contributed by atoms with Crippen LogP contribution >= 0.6 is 0 Å². The molecule has 104 valence electrons. The molecular formula is C14H14N2O4. The number of hydrogen-bond donors (Lipinski definition) is 2. The van der Waals surface area contributed by atoms with E-state index < -0.39 is 24.3 Å². The molecule has 0 atom stereocenters. The number of carbonyl (C=O) groups is 3. The third-order valence-corrected chi connectivity index (χ3v) is 2.40. The Balaban J connectivity index is 2.55. The van der Waals surface area contributed by atoms with Crippen molar-refractivity contribution in [3.05, 3.63) is 35.9 Å². The minimum atomic E-state index is -1.16. The zero-order chi connectivity index (χ0) is 15.0. The molecule has 0 spiro atoms. The molecule has 0 saturated carbocycles. The Labute approximate surface area is 116 Å². The third-order valence-electron chi connectivity index (χ3n) is 2.40. The molecule has 1 aromatic carbocycles. The fourth-order valence-corrected chi connectivity index (χ4v) is 1.47. The number of carboxylic acid groups (broad SMARTS) is 1. The zero-order valence-corrected chi connectivity index (χ0v) is 10.7. The number of carbonyl (C=O) groups excluding carboxylic acids is 2. The number of benzene rings is 1. The van der Waals surface area contributed by atoms with Crippen LogP contribution in [0.2, 0.25) is 0 Å². The van der Waals surface area contributed by atoms with Crippen molar-refractivity contribution in [1.29, 1.82) is 0 Å². The van der Waals surface area contributed by atoms with E-state index in [0.29, 0.717) is 5.56 Å². The summed E-state index contributed by atoms with van der Waals surface area (Å²) >= 11 is 0. The topological polar surface area (TPSA) is 86.7 Å². The van der Waals surface area contributed by atoms with Crippen LogP contribution in [0.1, 0.15) is 10.4 Å². The molecule has 20 heavy (non-hydrogen) atoms. The number of terminal acetylenes is 1. The molecule has 0 aliphatic rings. The van der Waals surface area contributed by atoms with Crippen molar-refractivity contribution >= 4 is 17.8 Å². The molecule has 0 fully saturated rings. The zero-order valence-electron chi connectivity index (χ0n) is 10.7. The molecule has 0 radical (unpaired) electrons. The molecule has 1 aromatic rings. The fourth-order valence-electron chi connectivity index (χ4n) is 1.47. The van der Waals surface area contributed by atoms with Crippen LogP contribution < -0.4 is 5.32 Å². The van der Waals surface area contributed by atoms with Gasteiger partial charge in [0.2, 0.25) is 5.91 Å². The molecule has 2 N–H and O–H groups in total. The van der Waals surface area contributed by atoms with Gasteiger partial charge in [-0.25, -0.2) is 0 Å². The fraction of sp³-hybridized carbons (Fsp3) is 0.214. The van der Waals surface area contributed by atoms with Gasteiger partial charge in [0.1, 0.15) is 6.54 Å². The lowest BCUT2D eigenvalue weighted by Gasteiger charge is -2.18. The highest BCUT2D eigenvalue weighted by Crippen LogP contribution is 1.97. The van der Waals surface area contributed by atoms with Gasteiger partial charge >= 0.3 is 5.97 Å². The van der Waals surface area contributed by atoms with Gasteiger partial charge in [0.05, 0.1) is 13.1 Å². The molecule has 0 saturated heterocycles. The van der Waals surface area contributed by atoms with E-state index in [-0.39, 0.29) is 13.1 Å².